The highest BCUT2D eigenvalue weighted by Gasteiger charge is 2.38. The lowest BCUT2D eigenvalue weighted by Crippen LogP contribution is -2.36. The minimum absolute atomic E-state index is 0.172. The zero-order valence-corrected chi connectivity index (χ0v) is 33.9. The number of rotatable bonds is 5. The van der Waals surface area contributed by atoms with Crippen molar-refractivity contribution in [1.82, 2.24) is 29.7 Å². The average Bonchev–Trinajstić information content (AvgIpc) is 4.03. The molecule has 4 aliphatic rings. The highest BCUT2D eigenvalue weighted by molar-refractivity contribution is 6.00. The summed E-state index contributed by atoms with van der Waals surface area (Å²) in [6, 6.07) is 22.4. The molecule has 4 aliphatic heterocycles. The molecule has 300 valence electrons. The number of hydrogen-bond donors (Lipinski definition) is 2. The predicted molar refractivity (Wildman–Crippen MR) is 220 cm³/mol. The van der Waals surface area contributed by atoms with Gasteiger partial charge < -0.3 is 28.9 Å². The van der Waals surface area contributed by atoms with Crippen LogP contribution in [-0.4, -0.2) is 72.8 Å². The molecule has 5 aromatic rings. The van der Waals surface area contributed by atoms with Gasteiger partial charge in [0.05, 0.1) is 35.9 Å². The third-order valence-electron chi connectivity index (χ3n) is 11.1. The van der Waals surface area contributed by atoms with Gasteiger partial charge in [-0.25, -0.2) is 19.6 Å². The Kier molecular flexibility index (Phi) is 9.32. The summed E-state index contributed by atoms with van der Waals surface area (Å²) in [4.78, 5) is 46.0. The van der Waals surface area contributed by atoms with E-state index in [1.54, 1.807) is 9.80 Å². The van der Waals surface area contributed by atoms with Crippen LogP contribution in [0.5, 0.6) is 11.5 Å². The fraction of sp³-hybridized carbons (Fsp3) is 0.391. The molecule has 3 aromatic carbocycles. The molecule has 3 atom stereocenters. The van der Waals surface area contributed by atoms with Crippen LogP contribution in [-0.2, 0) is 9.47 Å². The second-order valence-electron chi connectivity index (χ2n) is 17.5. The summed E-state index contributed by atoms with van der Waals surface area (Å²) < 4.78 is 24.9. The largest absolute Gasteiger partial charge is 0.488 e. The molecule has 0 saturated carbocycles. The number of ether oxygens (including phenoxy) is 4. The van der Waals surface area contributed by atoms with Crippen molar-refractivity contribution in [2.45, 2.75) is 96.6 Å². The first-order valence-electron chi connectivity index (χ1n) is 20.3. The Morgan fingerprint density at radius 2 is 1.24 bits per heavy atom. The fourth-order valence-corrected chi connectivity index (χ4v) is 8.51. The van der Waals surface area contributed by atoms with Gasteiger partial charge in [-0.2, -0.15) is 0 Å². The second-order valence-corrected chi connectivity index (χ2v) is 17.5. The molecule has 0 aliphatic carbocycles. The maximum absolute atomic E-state index is 13.0. The number of likely N-dealkylation sites (tertiary alicyclic amines) is 2. The molecule has 12 heteroatoms. The second kappa shape index (κ2) is 14.4. The molecule has 2 aromatic heterocycles. The Bertz CT molecular complexity index is 2400. The number of hydrogen-bond acceptors (Lipinski definition) is 8. The summed E-state index contributed by atoms with van der Waals surface area (Å²) in [7, 11) is 0. The van der Waals surface area contributed by atoms with Gasteiger partial charge >= 0.3 is 12.2 Å². The Morgan fingerprint density at radius 3 is 1.79 bits per heavy atom. The van der Waals surface area contributed by atoms with E-state index < -0.39 is 11.2 Å². The zero-order valence-electron chi connectivity index (χ0n) is 33.9. The van der Waals surface area contributed by atoms with Crippen LogP contribution in [0.15, 0.2) is 79.1 Å². The van der Waals surface area contributed by atoms with Crippen molar-refractivity contribution >= 4 is 23.3 Å². The molecule has 9 rings (SSSR count). The fourth-order valence-electron chi connectivity index (χ4n) is 8.51. The van der Waals surface area contributed by atoms with E-state index >= 15 is 0 Å². The summed E-state index contributed by atoms with van der Waals surface area (Å²) in [5.41, 5.74) is 7.59. The number of fused-ring (bicyclic) bond motifs is 4. The van der Waals surface area contributed by atoms with Gasteiger partial charge in [-0.3, -0.25) is 9.80 Å². The molecular weight excluding hydrogens is 733 g/mol. The normalized spacial score (nSPS) is 20.2. The quantitative estimate of drug-likeness (QED) is 0.180. The van der Waals surface area contributed by atoms with E-state index in [4.69, 9.17) is 28.9 Å². The van der Waals surface area contributed by atoms with E-state index in [0.717, 1.165) is 99.2 Å². The van der Waals surface area contributed by atoms with Crippen LogP contribution in [0.3, 0.4) is 0 Å². The van der Waals surface area contributed by atoms with Crippen LogP contribution in [0, 0.1) is 0 Å². The number of imidazole rings is 2. The third-order valence-corrected chi connectivity index (χ3v) is 11.1. The number of nitrogens with zero attached hydrogens (tertiary/aromatic N) is 4. The van der Waals surface area contributed by atoms with Gasteiger partial charge in [0.1, 0.15) is 47.1 Å². The number of aromatic amines is 2. The lowest BCUT2D eigenvalue weighted by molar-refractivity contribution is 0.0208. The molecule has 2 fully saturated rings. The number of nitrogens with one attached hydrogen (secondary N) is 2. The molecule has 58 heavy (non-hydrogen) atoms. The van der Waals surface area contributed by atoms with Crippen LogP contribution >= 0.6 is 0 Å². The van der Waals surface area contributed by atoms with Crippen molar-refractivity contribution in [3.63, 3.8) is 0 Å². The summed E-state index contributed by atoms with van der Waals surface area (Å²) in [6.45, 7) is 12.9. The topological polar surface area (TPSA) is 135 Å². The van der Waals surface area contributed by atoms with E-state index in [-0.39, 0.29) is 30.4 Å². The number of carbonyl (C=O) groups excluding carboxylic acids is 2. The van der Waals surface area contributed by atoms with Crippen molar-refractivity contribution < 1.29 is 28.5 Å². The van der Waals surface area contributed by atoms with Crippen molar-refractivity contribution in [2.75, 3.05) is 19.7 Å². The van der Waals surface area contributed by atoms with Crippen molar-refractivity contribution in [1.29, 1.82) is 0 Å². The number of amides is 2. The lowest BCUT2D eigenvalue weighted by atomic mass is 9.83. The van der Waals surface area contributed by atoms with Gasteiger partial charge in [-0.1, -0.05) is 54.6 Å². The van der Waals surface area contributed by atoms with Crippen molar-refractivity contribution in [3.8, 4) is 34.0 Å². The highest BCUT2D eigenvalue weighted by atomic mass is 16.6. The van der Waals surface area contributed by atoms with E-state index in [9.17, 15) is 9.59 Å². The van der Waals surface area contributed by atoms with Crippen LogP contribution in [0.25, 0.3) is 33.7 Å². The van der Waals surface area contributed by atoms with Crippen molar-refractivity contribution in [2.24, 2.45) is 0 Å². The Morgan fingerprint density at radius 1 is 0.707 bits per heavy atom. The molecular formula is C46H50N6O6. The van der Waals surface area contributed by atoms with Gasteiger partial charge in [-0.15, -0.1) is 0 Å². The van der Waals surface area contributed by atoms with E-state index in [2.05, 4.69) is 58.5 Å². The van der Waals surface area contributed by atoms with Crippen LogP contribution in [0.4, 0.5) is 9.59 Å². The van der Waals surface area contributed by atoms with Gasteiger partial charge in [0, 0.05) is 46.5 Å². The molecule has 2 amide bonds. The molecule has 0 spiro atoms. The van der Waals surface area contributed by atoms with Crippen LogP contribution < -0.4 is 9.47 Å². The SMILES string of the molecule is CC(C)(C)OC(=O)N1CCCC1c1ncc(-c2ccc3c(c2)OC(c2ccccc2)C2=C3COc3cc(-c4cnc(C5CCCN5C(=O)OC(C)(C)C)[nH]4)ccc32)[nH]1. The van der Waals surface area contributed by atoms with E-state index in [0.29, 0.717) is 19.7 Å². The molecule has 6 heterocycles. The third kappa shape index (κ3) is 7.20. The Balaban J connectivity index is 1.01. The first-order valence-corrected chi connectivity index (χ1v) is 20.3. The zero-order chi connectivity index (χ0) is 40.3. The molecule has 0 radical (unpaired) electrons. The lowest BCUT2D eigenvalue weighted by Gasteiger charge is -2.35. The number of carbonyl (C=O) groups is 2. The molecule has 2 saturated heterocycles. The highest BCUT2D eigenvalue weighted by Crippen LogP contribution is 2.52. The van der Waals surface area contributed by atoms with Crippen LogP contribution in [0.1, 0.15) is 114 Å². The van der Waals surface area contributed by atoms with E-state index in [1.165, 1.54) is 0 Å². The summed E-state index contributed by atoms with van der Waals surface area (Å²) in [6.07, 6.45) is 6.06. The molecule has 3 unspecified atom stereocenters. The number of benzene rings is 3. The first kappa shape index (κ1) is 37.5. The standard InChI is InChI=1S/C46H50N6O6/c1-45(2,3)57-43(53)51-20-10-14-35(51)41-47-24-33(49-41)28-17-19-31-37(22-28)55-26-32-30-18-16-29(23-38(30)56-40(39(31)32)27-12-8-7-9-13-27)34-25-48-42(50-34)36-15-11-21-52(36)44(54)58-46(4,5)6/h7-9,12-13,16-19,22-25,35-36,40H,10-11,14-15,20-21,26H2,1-6H3,(H,47,49)(H,48,50). The Labute approximate surface area is 338 Å². The van der Waals surface area contributed by atoms with Gasteiger partial charge in [0.25, 0.3) is 0 Å². The minimum atomic E-state index is -0.571. The number of H-pyrrole nitrogens is 2. The smallest absolute Gasteiger partial charge is 0.410 e. The maximum atomic E-state index is 13.0. The average molecular weight is 783 g/mol. The summed E-state index contributed by atoms with van der Waals surface area (Å²) in [5, 5.41) is 0. The number of aromatic nitrogens is 4. The minimum Gasteiger partial charge on any atom is -0.488 e. The molecule has 12 nitrogen and oxygen atoms in total. The molecule has 2 N–H and O–H groups in total. The Hall–Kier alpha value is -6.04. The monoisotopic (exact) mass is 782 g/mol. The predicted octanol–water partition coefficient (Wildman–Crippen LogP) is 10.0. The summed E-state index contributed by atoms with van der Waals surface area (Å²) in [5.74, 6) is 3.02. The van der Waals surface area contributed by atoms with Crippen molar-refractivity contribution in [3.05, 3.63) is 107 Å². The summed E-state index contributed by atoms with van der Waals surface area (Å²) >= 11 is 0. The first-order chi connectivity index (χ1) is 27.8. The maximum Gasteiger partial charge on any atom is 0.410 e. The van der Waals surface area contributed by atoms with Gasteiger partial charge in [0.2, 0.25) is 0 Å². The van der Waals surface area contributed by atoms with E-state index in [1.807, 2.05) is 72.1 Å². The molecule has 0 bridgehead atoms. The van der Waals surface area contributed by atoms with Gasteiger partial charge in [0.15, 0.2) is 0 Å². The van der Waals surface area contributed by atoms with Crippen LogP contribution in [0.2, 0.25) is 0 Å². The van der Waals surface area contributed by atoms with Gasteiger partial charge in [-0.05, 0) is 84.9 Å².